The third-order valence-corrected chi connectivity index (χ3v) is 4.84. The zero-order valence-corrected chi connectivity index (χ0v) is 14.0. The van der Waals surface area contributed by atoms with Gasteiger partial charge in [-0.3, -0.25) is 4.79 Å². The predicted octanol–water partition coefficient (Wildman–Crippen LogP) is 3.55. The minimum absolute atomic E-state index is 0.0905. The number of amides is 1. The molecule has 2 aromatic rings. The third kappa shape index (κ3) is 3.59. The number of hydrogen-bond acceptors (Lipinski definition) is 4. The van der Waals surface area contributed by atoms with Gasteiger partial charge in [-0.1, -0.05) is 6.92 Å². The Balaban J connectivity index is 1.88. The predicted molar refractivity (Wildman–Crippen MR) is 88.0 cm³/mol. The summed E-state index contributed by atoms with van der Waals surface area (Å²) in [5.74, 6) is -0.231. The molecule has 1 fully saturated rings. The summed E-state index contributed by atoms with van der Waals surface area (Å²) in [7, 11) is 0. The van der Waals surface area contributed by atoms with E-state index in [0.29, 0.717) is 18.8 Å². The van der Waals surface area contributed by atoms with Gasteiger partial charge in [-0.25, -0.2) is 9.37 Å². The Labute approximate surface area is 138 Å². The van der Waals surface area contributed by atoms with Crippen LogP contribution in [0.4, 0.5) is 10.1 Å². The van der Waals surface area contributed by atoms with E-state index in [9.17, 15) is 9.18 Å². The summed E-state index contributed by atoms with van der Waals surface area (Å²) in [5.41, 5.74) is 1.49. The fourth-order valence-corrected chi connectivity index (χ4v) is 3.33. The molecule has 23 heavy (non-hydrogen) atoms. The molecule has 0 N–H and O–H groups in total. The van der Waals surface area contributed by atoms with Crippen molar-refractivity contribution in [3.05, 3.63) is 46.2 Å². The van der Waals surface area contributed by atoms with Gasteiger partial charge in [0, 0.05) is 17.7 Å². The molecule has 2 atom stereocenters. The molecule has 1 aliphatic heterocycles. The number of thiazole rings is 1. The van der Waals surface area contributed by atoms with Crippen LogP contribution in [-0.2, 0) is 16.1 Å². The van der Waals surface area contributed by atoms with Crippen LogP contribution in [0.15, 0.2) is 29.6 Å². The van der Waals surface area contributed by atoms with E-state index in [1.54, 1.807) is 28.4 Å². The largest absolute Gasteiger partial charge is 0.368 e. The number of benzene rings is 1. The maximum atomic E-state index is 13.2. The van der Waals surface area contributed by atoms with E-state index < -0.39 is 6.10 Å². The van der Waals surface area contributed by atoms with Crippen LogP contribution in [0, 0.1) is 18.7 Å². The third-order valence-electron chi connectivity index (χ3n) is 4.02. The Morgan fingerprint density at radius 2 is 2.17 bits per heavy atom. The van der Waals surface area contributed by atoms with Crippen molar-refractivity contribution in [3.63, 3.8) is 0 Å². The van der Waals surface area contributed by atoms with E-state index >= 15 is 0 Å². The molecule has 3 rings (SSSR count). The minimum Gasteiger partial charge on any atom is -0.368 e. The summed E-state index contributed by atoms with van der Waals surface area (Å²) in [5, 5.41) is 2.90. The van der Waals surface area contributed by atoms with Gasteiger partial charge in [0.15, 0.2) is 0 Å². The van der Waals surface area contributed by atoms with Gasteiger partial charge < -0.3 is 9.64 Å². The molecule has 2 heterocycles. The maximum absolute atomic E-state index is 13.2. The first-order valence-electron chi connectivity index (χ1n) is 7.64. The van der Waals surface area contributed by atoms with Crippen molar-refractivity contribution in [1.29, 1.82) is 0 Å². The van der Waals surface area contributed by atoms with Crippen molar-refractivity contribution in [3.8, 4) is 0 Å². The van der Waals surface area contributed by atoms with Crippen molar-refractivity contribution >= 4 is 22.9 Å². The lowest BCUT2D eigenvalue weighted by atomic mass is 10.0. The van der Waals surface area contributed by atoms with Crippen molar-refractivity contribution in [2.45, 2.75) is 32.9 Å². The summed E-state index contributed by atoms with van der Waals surface area (Å²) >= 11 is 1.55. The summed E-state index contributed by atoms with van der Waals surface area (Å²) in [6, 6.07) is 5.96. The second kappa shape index (κ2) is 6.76. The molecule has 4 nitrogen and oxygen atoms in total. The average molecular weight is 334 g/mol. The second-order valence-corrected chi connectivity index (χ2v) is 6.88. The van der Waals surface area contributed by atoms with Crippen molar-refractivity contribution in [1.82, 2.24) is 4.98 Å². The molecule has 1 aromatic heterocycles. The minimum atomic E-state index is -0.445. The van der Waals surface area contributed by atoms with Crippen molar-refractivity contribution < 1.29 is 13.9 Å². The number of nitrogens with zero attached hydrogens (tertiary/aromatic N) is 2. The van der Waals surface area contributed by atoms with E-state index in [0.717, 1.165) is 17.1 Å². The number of aryl methyl sites for hydroxylation is 1. The first-order valence-corrected chi connectivity index (χ1v) is 8.52. The van der Waals surface area contributed by atoms with E-state index in [2.05, 4.69) is 4.98 Å². The molecule has 1 aromatic carbocycles. The number of ether oxygens (including phenoxy) is 1. The fraction of sp³-hybridized carbons (Fsp3) is 0.412. The smallest absolute Gasteiger partial charge is 0.256 e. The molecular formula is C17H19FN2O2S. The maximum Gasteiger partial charge on any atom is 0.256 e. The molecule has 1 saturated heterocycles. The first-order chi connectivity index (χ1) is 11.0. The molecule has 0 bridgehead atoms. The highest BCUT2D eigenvalue weighted by Crippen LogP contribution is 2.26. The van der Waals surface area contributed by atoms with Gasteiger partial charge in [-0.2, -0.15) is 0 Å². The number of carbonyl (C=O) groups excluding carboxylic acids is 1. The second-order valence-electron chi connectivity index (χ2n) is 5.82. The van der Waals surface area contributed by atoms with Crippen LogP contribution in [0.1, 0.15) is 24.0 Å². The van der Waals surface area contributed by atoms with Gasteiger partial charge in [0.05, 0.1) is 17.2 Å². The van der Waals surface area contributed by atoms with E-state index in [1.807, 2.05) is 19.2 Å². The lowest BCUT2D eigenvalue weighted by Crippen LogP contribution is -2.41. The quantitative estimate of drug-likeness (QED) is 0.859. The zero-order valence-electron chi connectivity index (χ0n) is 13.2. The summed E-state index contributed by atoms with van der Waals surface area (Å²) < 4.78 is 18.8. The highest BCUT2D eigenvalue weighted by atomic mass is 32.1. The van der Waals surface area contributed by atoms with Crippen LogP contribution in [-0.4, -0.2) is 23.6 Å². The standard InChI is InChI=1S/C17H19FN2O2S/c1-11-7-8-22-16(11)17(21)20(9-14-10-23-12(2)19-14)15-5-3-13(18)4-6-15/h3-6,10-11,16H,7-9H2,1-2H3/t11-,16-/m1/s1. The number of aromatic nitrogens is 1. The molecule has 0 radical (unpaired) electrons. The lowest BCUT2D eigenvalue weighted by Gasteiger charge is -2.26. The van der Waals surface area contributed by atoms with Gasteiger partial charge in [0.25, 0.3) is 5.91 Å². The SMILES string of the molecule is Cc1nc(CN(C(=O)[C@@H]2OCC[C@H]2C)c2ccc(F)cc2)cs1. The number of hydrogen-bond donors (Lipinski definition) is 0. The van der Waals surface area contributed by atoms with Gasteiger partial charge in [0.2, 0.25) is 0 Å². The molecule has 1 aliphatic rings. The van der Waals surface area contributed by atoms with Gasteiger partial charge >= 0.3 is 0 Å². The topological polar surface area (TPSA) is 42.4 Å². The van der Waals surface area contributed by atoms with E-state index in [-0.39, 0.29) is 17.6 Å². The van der Waals surface area contributed by atoms with Gasteiger partial charge in [-0.15, -0.1) is 11.3 Å². The summed E-state index contributed by atoms with van der Waals surface area (Å²) in [4.78, 5) is 19.0. The van der Waals surface area contributed by atoms with Crippen LogP contribution in [0.5, 0.6) is 0 Å². The van der Waals surface area contributed by atoms with Gasteiger partial charge in [0.1, 0.15) is 11.9 Å². The molecule has 6 heteroatoms. The highest BCUT2D eigenvalue weighted by molar-refractivity contribution is 7.09. The normalized spacial score (nSPS) is 20.7. The fourth-order valence-electron chi connectivity index (χ4n) is 2.73. The Morgan fingerprint density at radius 3 is 2.74 bits per heavy atom. The average Bonchev–Trinajstić information content (AvgIpc) is 3.14. The Kier molecular flexibility index (Phi) is 4.73. The highest BCUT2D eigenvalue weighted by Gasteiger charge is 2.35. The number of carbonyl (C=O) groups is 1. The number of anilines is 1. The summed E-state index contributed by atoms with van der Waals surface area (Å²) in [6.07, 6.45) is 0.434. The first kappa shape index (κ1) is 16.1. The lowest BCUT2D eigenvalue weighted by molar-refractivity contribution is -0.128. The van der Waals surface area contributed by atoms with Crippen molar-refractivity contribution in [2.24, 2.45) is 5.92 Å². The molecule has 0 spiro atoms. The molecular weight excluding hydrogens is 315 g/mol. The van der Waals surface area contributed by atoms with Crippen LogP contribution in [0.25, 0.3) is 0 Å². The zero-order chi connectivity index (χ0) is 16.4. The Bertz CT molecular complexity index is 686. The molecule has 0 aliphatic carbocycles. The number of rotatable bonds is 4. The van der Waals surface area contributed by atoms with Crippen molar-refractivity contribution in [2.75, 3.05) is 11.5 Å². The van der Waals surface area contributed by atoms with Crippen LogP contribution >= 0.6 is 11.3 Å². The van der Waals surface area contributed by atoms with Gasteiger partial charge in [-0.05, 0) is 43.5 Å². The number of halogens is 1. The Morgan fingerprint density at radius 1 is 1.43 bits per heavy atom. The molecule has 122 valence electrons. The van der Waals surface area contributed by atoms with Crippen LogP contribution < -0.4 is 4.90 Å². The van der Waals surface area contributed by atoms with Crippen LogP contribution in [0.3, 0.4) is 0 Å². The van der Waals surface area contributed by atoms with Crippen LogP contribution in [0.2, 0.25) is 0 Å². The monoisotopic (exact) mass is 334 g/mol. The van der Waals surface area contributed by atoms with E-state index in [1.165, 1.54) is 12.1 Å². The molecule has 1 amide bonds. The molecule has 0 unspecified atom stereocenters. The molecule has 0 saturated carbocycles. The Hall–Kier alpha value is -1.79. The van der Waals surface area contributed by atoms with E-state index in [4.69, 9.17) is 4.74 Å². The summed E-state index contributed by atoms with van der Waals surface area (Å²) in [6.45, 7) is 4.91.